The molecule has 254 valence electrons. The second-order valence-electron chi connectivity index (χ2n) is 12.9. The highest BCUT2D eigenvalue weighted by molar-refractivity contribution is 5.67. The van der Waals surface area contributed by atoms with Crippen LogP contribution in [0.2, 0.25) is 0 Å². The molecule has 15 heteroatoms. The number of nitrogens with zero attached hydrogens (tertiary/aromatic N) is 6. The maximum Gasteiger partial charge on any atom is 0.416 e. The molecule has 0 amide bonds. The summed E-state index contributed by atoms with van der Waals surface area (Å²) in [6.45, 7) is 1.98. The van der Waals surface area contributed by atoms with Crippen molar-refractivity contribution in [2.75, 3.05) is 22.9 Å². The van der Waals surface area contributed by atoms with Gasteiger partial charge in [0.25, 0.3) is 5.95 Å². The lowest BCUT2D eigenvalue weighted by Gasteiger charge is -2.35. The lowest BCUT2D eigenvalue weighted by Crippen LogP contribution is -2.33. The number of fused-ring (bicyclic) bond motifs is 2. The zero-order chi connectivity index (χ0) is 33.5. The molecule has 1 N–H and O–H groups in total. The van der Waals surface area contributed by atoms with Crippen LogP contribution in [0.15, 0.2) is 30.3 Å². The van der Waals surface area contributed by atoms with Crippen LogP contribution in [0.25, 0.3) is 0 Å². The number of carboxylic acid groups (broad SMARTS) is 1. The van der Waals surface area contributed by atoms with Crippen LogP contribution in [0, 0.1) is 11.8 Å². The molecule has 1 atom stereocenters. The first-order chi connectivity index (χ1) is 22.2. The summed E-state index contributed by atoms with van der Waals surface area (Å²) >= 11 is 0. The van der Waals surface area contributed by atoms with Crippen LogP contribution in [0.3, 0.4) is 0 Å². The Morgan fingerprint density at radius 3 is 2.17 bits per heavy atom. The second-order valence-corrected chi connectivity index (χ2v) is 12.9. The molecule has 0 bridgehead atoms. The summed E-state index contributed by atoms with van der Waals surface area (Å²) in [6.07, 6.45) is -5.02. The summed E-state index contributed by atoms with van der Waals surface area (Å²) in [5, 5.41) is 21.6. The zero-order valence-electron chi connectivity index (χ0n) is 25.8. The number of hydrogen-bond acceptors (Lipinski definition) is 7. The van der Waals surface area contributed by atoms with Crippen LogP contribution in [0.4, 0.5) is 38.0 Å². The first-order valence-electron chi connectivity index (χ1n) is 15.7. The molecule has 1 aromatic heterocycles. The molecule has 1 saturated carbocycles. The molecule has 1 aliphatic carbocycles. The lowest BCUT2D eigenvalue weighted by atomic mass is 9.80. The van der Waals surface area contributed by atoms with Crippen LogP contribution in [-0.4, -0.2) is 44.4 Å². The number of aromatic nitrogens is 4. The van der Waals surface area contributed by atoms with Gasteiger partial charge >= 0.3 is 18.3 Å². The Balaban J connectivity index is 1.37. The van der Waals surface area contributed by atoms with Crippen LogP contribution in [0.1, 0.15) is 84.4 Å². The quantitative estimate of drug-likeness (QED) is 0.259. The van der Waals surface area contributed by atoms with Crippen LogP contribution in [0.5, 0.6) is 0 Å². The van der Waals surface area contributed by atoms with Crippen molar-refractivity contribution >= 4 is 17.6 Å². The van der Waals surface area contributed by atoms with Gasteiger partial charge in [-0.1, -0.05) is 5.10 Å². The normalized spacial score (nSPS) is 21.7. The molecule has 2 aliphatic heterocycles. The molecule has 3 aliphatic rings. The van der Waals surface area contributed by atoms with Crippen molar-refractivity contribution < 1.29 is 41.0 Å². The maximum absolute atomic E-state index is 13.8. The number of halogens is 6. The molecule has 0 saturated heterocycles. The van der Waals surface area contributed by atoms with E-state index in [-0.39, 0.29) is 36.5 Å². The van der Waals surface area contributed by atoms with Crippen LogP contribution < -0.4 is 9.80 Å². The van der Waals surface area contributed by atoms with E-state index in [0.29, 0.717) is 38.5 Å². The standard InChI is InChI=1S/C32H36F6N6O3/c1-42-40-30(39-41-42)44(16-21-9-24(31(33,34)35)14-25(10-21)32(36,37)38)27-3-2-8-43(15-20-6-4-19(5-7-20)11-29(45)46)28-13-23-18-47-17-22(23)12-26(27)28/h9-10,12-14,19-20,27H,2-8,11,15-18H2,1H3,(H,45,46). The Hall–Kier alpha value is -3.88. The first kappa shape index (κ1) is 33.0. The van der Waals surface area contributed by atoms with Gasteiger partial charge in [-0.2, -0.15) is 31.1 Å². The molecule has 0 spiro atoms. The number of alkyl halides is 6. The fraction of sp³-hybridized carbons (Fsp3) is 0.562. The predicted molar refractivity (Wildman–Crippen MR) is 158 cm³/mol. The van der Waals surface area contributed by atoms with E-state index in [1.807, 2.05) is 6.07 Å². The summed E-state index contributed by atoms with van der Waals surface area (Å²) in [6, 6.07) is 5.28. The number of rotatable bonds is 8. The highest BCUT2D eigenvalue weighted by Crippen LogP contribution is 2.44. The fourth-order valence-electron chi connectivity index (χ4n) is 7.23. The largest absolute Gasteiger partial charge is 0.481 e. The summed E-state index contributed by atoms with van der Waals surface area (Å²) < 4.78 is 88.4. The second kappa shape index (κ2) is 13.0. The van der Waals surface area contributed by atoms with E-state index in [1.54, 1.807) is 11.9 Å². The molecule has 0 radical (unpaired) electrons. The van der Waals surface area contributed by atoms with E-state index < -0.39 is 35.5 Å². The Labute approximate surface area is 267 Å². The number of carbonyl (C=O) groups is 1. The van der Waals surface area contributed by atoms with E-state index in [4.69, 9.17) is 4.74 Å². The van der Waals surface area contributed by atoms with Crippen molar-refractivity contribution in [3.63, 3.8) is 0 Å². The van der Waals surface area contributed by atoms with Crippen molar-refractivity contribution in [3.8, 4) is 0 Å². The van der Waals surface area contributed by atoms with Gasteiger partial charge in [-0.3, -0.25) is 4.79 Å². The molecular formula is C32H36F6N6O3. The summed E-state index contributed by atoms with van der Waals surface area (Å²) in [5.41, 5.74) is 0.904. The zero-order valence-corrected chi connectivity index (χ0v) is 25.8. The molecule has 9 nitrogen and oxygen atoms in total. The Kier molecular flexibility index (Phi) is 9.11. The van der Waals surface area contributed by atoms with E-state index in [9.17, 15) is 36.2 Å². The molecule has 2 aromatic carbocycles. The highest BCUT2D eigenvalue weighted by atomic mass is 19.4. The SMILES string of the molecule is Cn1nnc(N(Cc2cc(C(F)(F)F)cc(C(F)(F)F)c2)C2CCCN(CC3CCC(CC(=O)O)CC3)c3cc4c(cc32)COC4)n1. The molecule has 3 aromatic rings. The number of tetrazole rings is 1. The summed E-state index contributed by atoms with van der Waals surface area (Å²) in [4.78, 5) is 16.4. The van der Waals surface area contributed by atoms with Gasteiger partial charge in [-0.25, -0.2) is 0 Å². The first-order valence-corrected chi connectivity index (χ1v) is 15.7. The fourth-order valence-corrected chi connectivity index (χ4v) is 7.23. The third kappa shape index (κ3) is 7.49. The number of benzene rings is 2. The van der Waals surface area contributed by atoms with E-state index >= 15 is 0 Å². The molecule has 6 rings (SSSR count). The third-order valence-corrected chi connectivity index (χ3v) is 9.51. The molecule has 1 fully saturated rings. The summed E-state index contributed by atoms with van der Waals surface area (Å²) in [7, 11) is 1.54. The van der Waals surface area contributed by atoms with E-state index in [2.05, 4.69) is 26.4 Å². The molecule has 3 heterocycles. The minimum atomic E-state index is -4.98. The van der Waals surface area contributed by atoms with Crippen molar-refractivity contribution in [2.45, 2.75) is 83.1 Å². The average molecular weight is 667 g/mol. The topological polar surface area (TPSA) is 96.6 Å². The smallest absolute Gasteiger partial charge is 0.416 e. The minimum absolute atomic E-state index is 0.0939. The number of aliphatic carboxylic acids is 1. The van der Waals surface area contributed by atoms with Gasteiger partial charge in [0.15, 0.2) is 0 Å². The highest BCUT2D eigenvalue weighted by Gasteiger charge is 2.38. The average Bonchev–Trinajstić information content (AvgIpc) is 3.61. The van der Waals surface area contributed by atoms with E-state index in [1.165, 1.54) is 4.80 Å². The Morgan fingerprint density at radius 2 is 1.57 bits per heavy atom. The summed E-state index contributed by atoms with van der Waals surface area (Å²) in [5.74, 6) is -0.153. The lowest BCUT2D eigenvalue weighted by molar-refractivity contribution is -0.143. The number of ether oxygens (including phenoxy) is 1. The van der Waals surface area contributed by atoms with Crippen LogP contribution in [-0.2, 0) is 48.7 Å². The Bertz CT molecular complexity index is 1570. The third-order valence-electron chi connectivity index (χ3n) is 9.51. The Morgan fingerprint density at radius 1 is 0.936 bits per heavy atom. The van der Waals surface area contributed by atoms with E-state index in [0.717, 1.165) is 66.7 Å². The van der Waals surface area contributed by atoms with Crippen molar-refractivity contribution in [3.05, 3.63) is 63.7 Å². The predicted octanol–water partition coefficient (Wildman–Crippen LogP) is 6.91. The molecule has 1 unspecified atom stereocenters. The van der Waals surface area contributed by atoms with Gasteiger partial charge in [0.1, 0.15) is 0 Å². The van der Waals surface area contributed by atoms with Gasteiger partial charge in [0, 0.05) is 31.7 Å². The van der Waals surface area contributed by atoms with Gasteiger partial charge in [-0.15, -0.1) is 5.10 Å². The van der Waals surface area contributed by atoms with Gasteiger partial charge in [-0.05, 0) is 108 Å². The molecule has 47 heavy (non-hydrogen) atoms. The van der Waals surface area contributed by atoms with Gasteiger partial charge in [0.2, 0.25) is 0 Å². The number of hydrogen-bond donors (Lipinski definition) is 1. The molecular weight excluding hydrogens is 630 g/mol. The van der Waals surface area contributed by atoms with Crippen LogP contribution >= 0.6 is 0 Å². The monoisotopic (exact) mass is 666 g/mol. The van der Waals surface area contributed by atoms with Crippen molar-refractivity contribution in [2.24, 2.45) is 18.9 Å². The number of anilines is 2. The van der Waals surface area contributed by atoms with Crippen molar-refractivity contribution in [1.82, 2.24) is 20.2 Å². The van der Waals surface area contributed by atoms with Gasteiger partial charge < -0.3 is 19.6 Å². The minimum Gasteiger partial charge on any atom is -0.481 e. The van der Waals surface area contributed by atoms with Gasteiger partial charge in [0.05, 0.1) is 37.4 Å². The van der Waals surface area contributed by atoms with Crippen molar-refractivity contribution in [1.29, 1.82) is 0 Å². The number of aryl methyl sites for hydroxylation is 1. The maximum atomic E-state index is 13.8. The number of carboxylic acids is 1.